The van der Waals surface area contributed by atoms with Crippen LogP contribution in [0.3, 0.4) is 0 Å². The Morgan fingerprint density at radius 3 is 2.82 bits per heavy atom. The molecule has 1 aliphatic rings. The van der Waals surface area contributed by atoms with E-state index in [4.69, 9.17) is 0 Å². The average Bonchev–Trinajstić information content (AvgIpc) is 2.82. The molecule has 1 saturated heterocycles. The van der Waals surface area contributed by atoms with E-state index in [1.54, 1.807) is 0 Å². The number of nitrogens with one attached hydrogen (secondary N) is 1. The summed E-state index contributed by atoms with van der Waals surface area (Å²) in [6.45, 7) is 9.38. The summed E-state index contributed by atoms with van der Waals surface area (Å²) in [4.78, 5) is 4.20. The molecule has 0 spiro atoms. The van der Waals surface area contributed by atoms with E-state index in [0.29, 0.717) is 0 Å². The highest BCUT2D eigenvalue weighted by Gasteiger charge is 2.21. The Bertz CT molecular complexity index is 308. The molecule has 1 aliphatic heterocycles. The summed E-state index contributed by atoms with van der Waals surface area (Å²) < 4.78 is 0. The van der Waals surface area contributed by atoms with E-state index in [9.17, 15) is 0 Å². The fraction of sp³-hybridized carbons (Fsp3) is 0.714. The molecule has 3 heteroatoms. The van der Waals surface area contributed by atoms with E-state index >= 15 is 0 Å². The van der Waals surface area contributed by atoms with E-state index in [1.165, 1.54) is 37.4 Å². The molecule has 2 nitrogen and oxygen atoms in total. The van der Waals surface area contributed by atoms with Gasteiger partial charge in [-0.3, -0.25) is 4.90 Å². The van der Waals surface area contributed by atoms with E-state index in [-0.39, 0.29) is 1.43 Å². The van der Waals surface area contributed by atoms with Crippen molar-refractivity contribution in [2.45, 2.75) is 39.3 Å². The minimum atomic E-state index is 0. The van der Waals surface area contributed by atoms with Crippen LogP contribution in [-0.2, 0) is 6.54 Å². The van der Waals surface area contributed by atoms with Crippen LogP contribution in [0, 0.1) is 5.92 Å². The first-order chi connectivity index (χ1) is 8.25. The number of rotatable bonds is 5. The van der Waals surface area contributed by atoms with E-state index < -0.39 is 0 Å². The maximum atomic E-state index is 3.46. The molecule has 17 heavy (non-hydrogen) atoms. The van der Waals surface area contributed by atoms with Crippen molar-refractivity contribution in [3.8, 4) is 0 Å². The Balaban J connectivity index is 0.00000162. The third-order valence-corrected chi connectivity index (χ3v) is 4.22. The van der Waals surface area contributed by atoms with Crippen molar-refractivity contribution in [2.24, 2.45) is 5.92 Å². The number of hydrogen-bond donors (Lipinski definition) is 1. The minimum Gasteiger partial charge on any atom is -0.317 e. The van der Waals surface area contributed by atoms with Crippen LogP contribution in [0.15, 0.2) is 17.5 Å². The van der Waals surface area contributed by atoms with E-state index in [2.05, 4.69) is 41.6 Å². The minimum absolute atomic E-state index is 0. The van der Waals surface area contributed by atoms with Crippen molar-refractivity contribution in [2.75, 3.05) is 19.6 Å². The molecule has 1 aromatic heterocycles. The molecule has 1 N–H and O–H groups in total. The van der Waals surface area contributed by atoms with Crippen LogP contribution in [0.2, 0.25) is 0 Å². The molecule has 0 radical (unpaired) electrons. The van der Waals surface area contributed by atoms with E-state index in [1.807, 2.05) is 11.3 Å². The molecule has 2 rings (SSSR count). The number of nitrogens with zero attached hydrogens (tertiary/aromatic N) is 1. The van der Waals surface area contributed by atoms with Gasteiger partial charge in [-0.05, 0) is 43.3 Å². The van der Waals surface area contributed by atoms with E-state index in [0.717, 1.165) is 18.5 Å². The van der Waals surface area contributed by atoms with Crippen molar-refractivity contribution >= 4 is 11.3 Å². The smallest absolute Gasteiger partial charge is 0.0330 e. The van der Waals surface area contributed by atoms with Gasteiger partial charge in [-0.2, -0.15) is 0 Å². The normalized spacial score (nSPS) is 18.1. The van der Waals surface area contributed by atoms with Gasteiger partial charge in [-0.25, -0.2) is 0 Å². The summed E-state index contributed by atoms with van der Waals surface area (Å²) >= 11 is 1.89. The van der Waals surface area contributed by atoms with Crippen LogP contribution >= 0.6 is 11.3 Å². The van der Waals surface area contributed by atoms with Gasteiger partial charge in [0.05, 0.1) is 0 Å². The summed E-state index contributed by atoms with van der Waals surface area (Å²) in [5.41, 5.74) is 0. The van der Waals surface area contributed by atoms with Crippen molar-refractivity contribution in [3.63, 3.8) is 0 Å². The van der Waals surface area contributed by atoms with Gasteiger partial charge < -0.3 is 5.32 Å². The lowest BCUT2D eigenvalue weighted by Gasteiger charge is -2.35. The lowest BCUT2D eigenvalue weighted by Crippen LogP contribution is -2.44. The van der Waals surface area contributed by atoms with Crippen molar-refractivity contribution in [1.29, 1.82) is 0 Å². The molecule has 0 atom stereocenters. The summed E-state index contributed by atoms with van der Waals surface area (Å²) in [5, 5.41) is 5.64. The first-order valence-electron chi connectivity index (χ1n) is 6.73. The SMILES string of the molecule is CC(C)CN(Cc1cccs1)C1CCNCC1.[HH]. The zero-order valence-electron chi connectivity index (χ0n) is 11.0. The fourth-order valence-electron chi connectivity index (χ4n) is 2.59. The summed E-state index contributed by atoms with van der Waals surface area (Å²) in [5.74, 6) is 0.754. The molecule has 1 aromatic rings. The largest absolute Gasteiger partial charge is 0.317 e. The molecule has 1 fully saturated rings. The Kier molecular flexibility index (Phi) is 5.01. The Morgan fingerprint density at radius 1 is 1.47 bits per heavy atom. The van der Waals surface area contributed by atoms with Crippen molar-refractivity contribution in [1.82, 2.24) is 10.2 Å². The van der Waals surface area contributed by atoms with Gasteiger partial charge in [0.25, 0.3) is 0 Å². The van der Waals surface area contributed by atoms with Crippen LogP contribution in [0.1, 0.15) is 33.0 Å². The monoisotopic (exact) mass is 254 g/mol. The third-order valence-electron chi connectivity index (χ3n) is 3.36. The Labute approximate surface area is 111 Å². The van der Waals surface area contributed by atoms with Crippen molar-refractivity contribution in [3.05, 3.63) is 22.4 Å². The second-order valence-corrected chi connectivity index (χ2v) is 6.42. The van der Waals surface area contributed by atoms with Gasteiger partial charge in [0.2, 0.25) is 0 Å². The van der Waals surface area contributed by atoms with Crippen LogP contribution in [0.25, 0.3) is 0 Å². The van der Waals surface area contributed by atoms with Crippen LogP contribution < -0.4 is 5.32 Å². The number of thiophene rings is 1. The Hall–Kier alpha value is -0.380. The molecular weight excluding hydrogens is 228 g/mol. The summed E-state index contributed by atoms with van der Waals surface area (Å²) in [7, 11) is 0. The first-order valence-corrected chi connectivity index (χ1v) is 7.61. The maximum absolute atomic E-state index is 3.46. The van der Waals surface area contributed by atoms with Gasteiger partial charge in [0.1, 0.15) is 0 Å². The zero-order valence-corrected chi connectivity index (χ0v) is 11.8. The van der Waals surface area contributed by atoms with Gasteiger partial charge in [-0.1, -0.05) is 19.9 Å². The van der Waals surface area contributed by atoms with Gasteiger partial charge in [0, 0.05) is 25.4 Å². The average molecular weight is 254 g/mol. The Morgan fingerprint density at radius 2 is 2.24 bits per heavy atom. The second kappa shape index (κ2) is 6.53. The lowest BCUT2D eigenvalue weighted by molar-refractivity contribution is 0.138. The van der Waals surface area contributed by atoms with Crippen molar-refractivity contribution < 1.29 is 1.43 Å². The molecule has 0 bridgehead atoms. The van der Waals surface area contributed by atoms with Gasteiger partial charge >= 0.3 is 0 Å². The van der Waals surface area contributed by atoms with Gasteiger partial charge in [0.15, 0.2) is 0 Å². The molecular formula is C14H26N2S. The highest BCUT2D eigenvalue weighted by molar-refractivity contribution is 7.09. The highest BCUT2D eigenvalue weighted by atomic mass is 32.1. The zero-order chi connectivity index (χ0) is 12.1. The summed E-state index contributed by atoms with van der Waals surface area (Å²) in [6.07, 6.45) is 2.61. The maximum Gasteiger partial charge on any atom is 0.0330 e. The number of piperidine rings is 1. The first kappa shape index (κ1) is 13.1. The predicted octanol–water partition coefficient (Wildman–Crippen LogP) is 3.20. The molecule has 0 saturated carbocycles. The third kappa shape index (κ3) is 4.09. The summed E-state index contributed by atoms with van der Waals surface area (Å²) in [6, 6.07) is 5.20. The fourth-order valence-corrected chi connectivity index (χ4v) is 3.32. The van der Waals surface area contributed by atoms with Crippen LogP contribution in [-0.4, -0.2) is 30.6 Å². The highest BCUT2D eigenvalue weighted by Crippen LogP contribution is 2.19. The number of hydrogen-bond acceptors (Lipinski definition) is 3. The molecule has 0 unspecified atom stereocenters. The standard InChI is InChI=1S/C14H24N2S.H2/c1-12(2)10-16(11-14-4-3-9-17-14)13-5-7-15-8-6-13;/h3-4,9,12-13,15H,5-8,10-11H2,1-2H3;1H. The topological polar surface area (TPSA) is 15.3 Å². The molecule has 98 valence electrons. The molecule has 0 aromatic carbocycles. The second-order valence-electron chi connectivity index (χ2n) is 5.38. The van der Waals surface area contributed by atoms with Crippen LogP contribution in [0.5, 0.6) is 0 Å². The molecule has 0 aliphatic carbocycles. The molecule has 2 heterocycles. The predicted molar refractivity (Wildman–Crippen MR) is 77.6 cm³/mol. The quantitative estimate of drug-likeness (QED) is 0.868. The molecule has 0 amide bonds. The lowest BCUT2D eigenvalue weighted by atomic mass is 10.0. The van der Waals surface area contributed by atoms with Gasteiger partial charge in [-0.15, -0.1) is 11.3 Å². The van der Waals surface area contributed by atoms with Crippen LogP contribution in [0.4, 0.5) is 0 Å².